The van der Waals surface area contributed by atoms with Crippen LogP contribution in [0.3, 0.4) is 0 Å². The molecule has 0 N–H and O–H groups in total. The van der Waals surface area contributed by atoms with E-state index < -0.39 is 0 Å². The molecule has 1 aliphatic rings. The van der Waals surface area contributed by atoms with E-state index in [1.165, 1.54) is 36.8 Å². The van der Waals surface area contributed by atoms with Crippen molar-refractivity contribution < 1.29 is 4.39 Å². The first-order chi connectivity index (χ1) is 6.33. The molecule has 0 saturated heterocycles. The summed E-state index contributed by atoms with van der Waals surface area (Å²) in [7, 11) is 0. The summed E-state index contributed by atoms with van der Waals surface area (Å²) in [5.74, 6) is 0.507. The van der Waals surface area contributed by atoms with Crippen LogP contribution in [-0.4, -0.2) is 0 Å². The molecule has 0 saturated carbocycles. The van der Waals surface area contributed by atoms with Gasteiger partial charge in [-0.2, -0.15) is 0 Å². The number of fused-ring (bicyclic) bond motifs is 1. The van der Waals surface area contributed by atoms with Crippen LogP contribution in [0, 0.1) is 5.82 Å². The van der Waals surface area contributed by atoms with Crippen molar-refractivity contribution in [3.63, 3.8) is 0 Å². The molecule has 0 amide bonds. The van der Waals surface area contributed by atoms with Crippen LogP contribution in [0.5, 0.6) is 0 Å². The number of halogens is 1. The first kappa shape index (κ1) is 8.74. The van der Waals surface area contributed by atoms with Crippen LogP contribution in [0.25, 0.3) is 0 Å². The molecule has 1 aromatic carbocycles. The zero-order valence-electron chi connectivity index (χ0n) is 8.02. The minimum atomic E-state index is -0.0864. The second-order valence-corrected chi connectivity index (χ2v) is 3.82. The maximum Gasteiger partial charge on any atom is 0.123 e. The maximum atomic E-state index is 12.8. The Morgan fingerprint density at radius 3 is 2.77 bits per heavy atom. The third-order valence-corrected chi connectivity index (χ3v) is 2.81. The summed E-state index contributed by atoms with van der Waals surface area (Å²) in [6.45, 7) is 2.21. The van der Waals surface area contributed by atoms with Gasteiger partial charge in [-0.3, -0.25) is 0 Å². The molecular weight excluding hydrogens is 163 g/mol. The lowest BCUT2D eigenvalue weighted by molar-refractivity contribution is 0.626. The lowest BCUT2D eigenvalue weighted by Gasteiger charge is -1.94. The van der Waals surface area contributed by atoms with Crippen molar-refractivity contribution in [2.45, 2.75) is 38.5 Å². The van der Waals surface area contributed by atoms with E-state index in [1.807, 2.05) is 6.07 Å². The largest absolute Gasteiger partial charge is 0.207 e. The van der Waals surface area contributed by atoms with Crippen molar-refractivity contribution in [3.8, 4) is 0 Å². The van der Waals surface area contributed by atoms with Gasteiger partial charge in [0, 0.05) is 5.92 Å². The molecule has 1 heteroatoms. The third-order valence-electron chi connectivity index (χ3n) is 2.81. The maximum absolute atomic E-state index is 12.8. The minimum Gasteiger partial charge on any atom is -0.207 e. The van der Waals surface area contributed by atoms with Crippen LogP contribution >= 0.6 is 0 Å². The van der Waals surface area contributed by atoms with E-state index in [9.17, 15) is 4.39 Å². The van der Waals surface area contributed by atoms with Crippen LogP contribution < -0.4 is 0 Å². The molecule has 1 aromatic rings. The highest BCUT2D eigenvalue weighted by Gasteiger charge is 2.31. The van der Waals surface area contributed by atoms with E-state index in [4.69, 9.17) is 0 Å². The molecule has 1 unspecified atom stereocenters. The van der Waals surface area contributed by atoms with Crippen molar-refractivity contribution >= 4 is 0 Å². The van der Waals surface area contributed by atoms with Gasteiger partial charge in [0.25, 0.3) is 0 Å². The Balaban J connectivity index is 1.88. The molecule has 0 fully saturated rings. The highest BCUT2D eigenvalue weighted by molar-refractivity contribution is 5.52. The number of benzene rings is 1. The highest BCUT2D eigenvalue weighted by Crippen LogP contribution is 2.46. The summed E-state index contributed by atoms with van der Waals surface area (Å²) in [4.78, 5) is 0. The Morgan fingerprint density at radius 1 is 1.23 bits per heavy atom. The summed E-state index contributed by atoms with van der Waals surface area (Å²) in [5, 5.41) is 0. The van der Waals surface area contributed by atoms with Crippen molar-refractivity contribution in [1.82, 2.24) is 0 Å². The SMILES string of the molecule is CCCCCC1c2ccc(F)cc21. The Morgan fingerprint density at radius 2 is 2.08 bits per heavy atom. The average molecular weight is 178 g/mol. The van der Waals surface area contributed by atoms with E-state index in [1.54, 1.807) is 12.1 Å². The Labute approximate surface area is 78.8 Å². The van der Waals surface area contributed by atoms with Crippen LogP contribution in [-0.2, 0) is 0 Å². The molecule has 1 aliphatic carbocycles. The van der Waals surface area contributed by atoms with Gasteiger partial charge in [-0.1, -0.05) is 32.3 Å². The third kappa shape index (κ3) is 1.74. The monoisotopic (exact) mass is 178 g/mol. The zero-order valence-corrected chi connectivity index (χ0v) is 8.02. The van der Waals surface area contributed by atoms with Gasteiger partial charge >= 0.3 is 0 Å². The summed E-state index contributed by atoms with van der Waals surface area (Å²) >= 11 is 0. The molecule has 1 atom stereocenters. The Kier molecular flexibility index (Phi) is 2.34. The van der Waals surface area contributed by atoms with Gasteiger partial charge < -0.3 is 0 Å². The summed E-state index contributed by atoms with van der Waals surface area (Å²) in [6, 6.07) is 5.19. The lowest BCUT2D eigenvalue weighted by Crippen LogP contribution is -1.77. The summed E-state index contributed by atoms with van der Waals surface area (Å²) < 4.78 is 12.8. The predicted octanol–water partition coefficient (Wildman–Crippen LogP) is 3.85. The fourth-order valence-corrected chi connectivity index (χ4v) is 1.98. The average Bonchev–Trinajstić information content (AvgIpc) is 2.79. The van der Waals surface area contributed by atoms with E-state index in [0.717, 1.165) is 0 Å². The molecule has 70 valence electrons. The molecule has 2 rings (SSSR count). The van der Waals surface area contributed by atoms with E-state index in [2.05, 4.69) is 6.92 Å². The van der Waals surface area contributed by atoms with E-state index >= 15 is 0 Å². The fourth-order valence-electron chi connectivity index (χ4n) is 1.98. The van der Waals surface area contributed by atoms with Crippen molar-refractivity contribution in [2.75, 3.05) is 0 Å². The number of hydrogen-bond donors (Lipinski definition) is 0. The fraction of sp³-hybridized carbons (Fsp3) is 0.500. The van der Waals surface area contributed by atoms with Crippen LogP contribution in [0.1, 0.15) is 49.7 Å². The van der Waals surface area contributed by atoms with Crippen LogP contribution in [0.15, 0.2) is 18.2 Å². The molecule has 0 aromatic heterocycles. The predicted molar refractivity (Wildman–Crippen MR) is 52.4 cm³/mol. The molecule has 0 aliphatic heterocycles. The molecule has 0 nitrogen and oxygen atoms in total. The van der Waals surface area contributed by atoms with Gasteiger partial charge in [-0.05, 0) is 29.7 Å². The standard InChI is InChI=1S/C12H15F/c1-2-3-4-5-10-11-7-6-9(13)8-12(10)11/h6-8,10H,2-5H2,1H3. The lowest BCUT2D eigenvalue weighted by atomic mass is 10.1. The van der Waals surface area contributed by atoms with Gasteiger partial charge in [-0.25, -0.2) is 4.39 Å². The van der Waals surface area contributed by atoms with Gasteiger partial charge in [-0.15, -0.1) is 0 Å². The van der Waals surface area contributed by atoms with Crippen molar-refractivity contribution in [1.29, 1.82) is 0 Å². The Hall–Kier alpha value is -0.850. The van der Waals surface area contributed by atoms with Gasteiger partial charge in [0.2, 0.25) is 0 Å². The van der Waals surface area contributed by atoms with Crippen LogP contribution in [0.4, 0.5) is 4.39 Å². The molecule has 0 heterocycles. The van der Waals surface area contributed by atoms with E-state index in [-0.39, 0.29) is 5.82 Å². The smallest absolute Gasteiger partial charge is 0.123 e. The number of hydrogen-bond acceptors (Lipinski definition) is 0. The molecule has 0 radical (unpaired) electrons. The normalized spacial score (nSPS) is 18.5. The first-order valence-corrected chi connectivity index (χ1v) is 5.12. The molecular formula is C12H15F. The van der Waals surface area contributed by atoms with Crippen molar-refractivity contribution in [2.24, 2.45) is 0 Å². The second kappa shape index (κ2) is 3.49. The zero-order chi connectivity index (χ0) is 9.26. The molecule has 0 bridgehead atoms. The molecule has 0 spiro atoms. The summed E-state index contributed by atoms with van der Waals surface area (Å²) in [6.07, 6.45) is 5.05. The molecule has 13 heavy (non-hydrogen) atoms. The number of unbranched alkanes of at least 4 members (excludes halogenated alkanes) is 2. The second-order valence-electron chi connectivity index (χ2n) is 3.82. The van der Waals surface area contributed by atoms with Gasteiger partial charge in [0.05, 0.1) is 0 Å². The van der Waals surface area contributed by atoms with E-state index in [0.29, 0.717) is 5.92 Å². The van der Waals surface area contributed by atoms with Crippen molar-refractivity contribution in [3.05, 3.63) is 35.1 Å². The highest BCUT2D eigenvalue weighted by atomic mass is 19.1. The van der Waals surface area contributed by atoms with Gasteiger partial charge in [0.15, 0.2) is 0 Å². The van der Waals surface area contributed by atoms with Gasteiger partial charge in [0.1, 0.15) is 5.82 Å². The minimum absolute atomic E-state index is 0.0864. The quantitative estimate of drug-likeness (QED) is 0.614. The number of rotatable bonds is 4. The first-order valence-electron chi connectivity index (χ1n) is 5.12. The topological polar surface area (TPSA) is 0 Å². The summed E-state index contributed by atoms with van der Waals surface area (Å²) in [5.41, 5.74) is 2.62. The van der Waals surface area contributed by atoms with Crippen LogP contribution in [0.2, 0.25) is 0 Å². The Bertz CT molecular complexity index is 304.